The molecule has 7 heteroatoms. The van der Waals surface area contributed by atoms with Crippen molar-refractivity contribution in [3.63, 3.8) is 0 Å². The Morgan fingerprint density at radius 1 is 1.08 bits per heavy atom. The number of rotatable bonds is 5. The van der Waals surface area contributed by atoms with Crippen molar-refractivity contribution in [1.29, 1.82) is 0 Å². The van der Waals surface area contributed by atoms with Crippen molar-refractivity contribution >= 4 is 28.4 Å². The van der Waals surface area contributed by atoms with Gasteiger partial charge in [0.15, 0.2) is 0 Å². The van der Waals surface area contributed by atoms with Gasteiger partial charge in [-0.3, -0.25) is 9.59 Å². The van der Waals surface area contributed by atoms with Crippen LogP contribution in [0.4, 0.5) is 5.69 Å². The van der Waals surface area contributed by atoms with Gasteiger partial charge < -0.3 is 25.4 Å². The maximum Gasteiger partial charge on any atom is 0.245 e. The first kappa shape index (κ1) is 24.0. The topological polar surface area (TPSA) is 80.5 Å². The number of para-hydroxylation sites is 2. The standard InChI is InChI=1S/C30H37N5O2/c1-29(13-7-15-32-29)28(37)33-25(17-22-19-31-24-11-5-4-10-23(22)24)27(36)35-16-8-14-30(20-35)18-21-9-3-6-12-26(21)34(30)2/h3-6,9-12,19,25,31-32H,7-8,13-18,20H2,1-2H3,(H,33,37)/t25-,29?,30?/m1/s1. The molecule has 2 aromatic carbocycles. The SMILES string of the molecule is CN1c2ccccc2CC12CCCN(C(=O)[C@@H](Cc1c[nH]c3ccccc13)NC(=O)C1(C)CCCN1)C2. The molecule has 0 aliphatic carbocycles. The molecule has 1 aromatic heterocycles. The number of aromatic nitrogens is 1. The number of likely N-dealkylation sites (tertiary alicyclic amines) is 1. The Morgan fingerprint density at radius 3 is 2.70 bits per heavy atom. The minimum Gasteiger partial charge on any atom is -0.367 e. The smallest absolute Gasteiger partial charge is 0.245 e. The van der Waals surface area contributed by atoms with Crippen LogP contribution in [0.5, 0.6) is 0 Å². The third-order valence-electron chi connectivity index (χ3n) is 9.02. The number of amides is 2. The van der Waals surface area contributed by atoms with Gasteiger partial charge in [-0.2, -0.15) is 0 Å². The quantitative estimate of drug-likeness (QED) is 0.503. The minimum absolute atomic E-state index is 0.0173. The van der Waals surface area contributed by atoms with Crippen molar-refractivity contribution in [1.82, 2.24) is 20.5 Å². The van der Waals surface area contributed by atoms with Crippen molar-refractivity contribution in [2.75, 3.05) is 31.6 Å². The van der Waals surface area contributed by atoms with Crippen molar-refractivity contribution in [2.24, 2.45) is 0 Å². The van der Waals surface area contributed by atoms with Crippen LogP contribution in [0.2, 0.25) is 0 Å². The van der Waals surface area contributed by atoms with Gasteiger partial charge >= 0.3 is 0 Å². The molecule has 3 N–H and O–H groups in total. The zero-order valence-corrected chi connectivity index (χ0v) is 21.8. The summed E-state index contributed by atoms with van der Waals surface area (Å²) in [4.78, 5) is 35.4. The van der Waals surface area contributed by atoms with Gasteiger partial charge in [-0.25, -0.2) is 0 Å². The number of benzene rings is 2. The fourth-order valence-electron chi connectivity index (χ4n) is 6.78. The number of hydrogen-bond acceptors (Lipinski definition) is 4. The number of piperidine rings is 1. The monoisotopic (exact) mass is 499 g/mol. The summed E-state index contributed by atoms with van der Waals surface area (Å²) in [5.41, 5.74) is 3.99. The molecule has 2 amide bonds. The van der Waals surface area contributed by atoms with Crippen molar-refractivity contribution in [3.8, 4) is 0 Å². The summed E-state index contributed by atoms with van der Waals surface area (Å²) in [7, 11) is 2.16. The highest BCUT2D eigenvalue weighted by Crippen LogP contribution is 2.42. The van der Waals surface area contributed by atoms with Crippen LogP contribution in [0.3, 0.4) is 0 Å². The number of likely N-dealkylation sites (N-methyl/N-ethyl adjacent to an activating group) is 1. The summed E-state index contributed by atoms with van der Waals surface area (Å²) in [6.45, 7) is 4.17. The number of fused-ring (bicyclic) bond motifs is 2. The average molecular weight is 500 g/mol. The maximum atomic E-state index is 14.2. The van der Waals surface area contributed by atoms with Crippen molar-refractivity contribution < 1.29 is 9.59 Å². The summed E-state index contributed by atoms with van der Waals surface area (Å²) in [6.07, 6.45) is 7.15. The lowest BCUT2D eigenvalue weighted by Gasteiger charge is -2.46. The van der Waals surface area contributed by atoms with E-state index in [4.69, 9.17) is 0 Å². The van der Waals surface area contributed by atoms with E-state index in [1.54, 1.807) is 0 Å². The molecule has 4 heterocycles. The third-order valence-corrected chi connectivity index (χ3v) is 9.02. The zero-order valence-electron chi connectivity index (χ0n) is 21.8. The molecule has 3 atom stereocenters. The van der Waals surface area contributed by atoms with Gasteiger partial charge in [-0.1, -0.05) is 36.4 Å². The van der Waals surface area contributed by atoms with E-state index in [0.29, 0.717) is 13.0 Å². The lowest BCUT2D eigenvalue weighted by Crippen LogP contribution is -2.62. The first-order valence-corrected chi connectivity index (χ1v) is 13.6. The Hall–Kier alpha value is -3.32. The van der Waals surface area contributed by atoms with Gasteiger partial charge in [0.2, 0.25) is 11.8 Å². The Bertz CT molecular complexity index is 1330. The second-order valence-corrected chi connectivity index (χ2v) is 11.4. The first-order chi connectivity index (χ1) is 17.9. The molecule has 37 heavy (non-hydrogen) atoms. The van der Waals surface area contributed by atoms with Gasteiger partial charge in [0, 0.05) is 49.3 Å². The number of nitrogens with zero attached hydrogens (tertiary/aromatic N) is 2. The van der Waals surface area contributed by atoms with Gasteiger partial charge in [-0.05, 0) is 68.8 Å². The lowest BCUT2D eigenvalue weighted by atomic mass is 9.85. The molecule has 7 nitrogen and oxygen atoms in total. The Kier molecular flexibility index (Phi) is 5.98. The molecular weight excluding hydrogens is 462 g/mol. The van der Waals surface area contributed by atoms with E-state index in [1.807, 2.05) is 36.2 Å². The number of carbonyl (C=O) groups excluding carboxylic acids is 2. The predicted octanol–water partition coefficient (Wildman–Crippen LogP) is 3.39. The summed E-state index contributed by atoms with van der Waals surface area (Å²) in [5, 5.41) is 7.64. The molecule has 3 aliphatic rings. The number of nitrogens with one attached hydrogen (secondary N) is 3. The summed E-state index contributed by atoms with van der Waals surface area (Å²) in [5.74, 6) is -0.0658. The molecule has 0 saturated carbocycles. The molecule has 194 valence electrons. The molecule has 3 aliphatic heterocycles. The van der Waals surface area contributed by atoms with E-state index < -0.39 is 11.6 Å². The first-order valence-electron chi connectivity index (χ1n) is 13.6. The van der Waals surface area contributed by atoms with Crippen LogP contribution in [0.25, 0.3) is 10.9 Å². The predicted molar refractivity (Wildman–Crippen MR) is 147 cm³/mol. The Balaban J connectivity index is 1.27. The molecule has 0 radical (unpaired) electrons. The highest BCUT2D eigenvalue weighted by atomic mass is 16.2. The van der Waals surface area contributed by atoms with Crippen molar-refractivity contribution in [3.05, 3.63) is 65.9 Å². The second-order valence-electron chi connectivity index (χ2n) is 11.4. The van der Waals surface area contributed by atoms with Crippen LogP contribution >= 0.6 is 0 Å². The van der Waals surface area contributed by atoms with Gasteiger partial charge in [0.1, 0.15) is 6.04 Å². The number of carbonyl (C=O) groups is 2. The van der Waals surface area contributed by atoms with E-state index in [9.17, 15) is 9.59 Å². The minimum atomic E-state index is -0.630. The van der Waals surface area contributed by atoms with E-state index in [-0.39, 0.29) is 17.4 Å². The summed E-state index contributed by atoms with van der Waals surface area (Å²) >= 11 is 0. The zero-order chi connectivity index (χ0) is 25.6. The molecule has 2 fully saturated rings. The van der Waals surface area contributed by atoms with Gasteiger partial charge in [-0.15, -0.1) is 0 Å². The molecule has 1 spiro atoms. The van der Waals surface area contributed by atoms with Gasteiger partial charge in [0.05, 0.1) is 11.1 Å². The highest BCUT2D eigenvalue weighted by Gasteiger charge is 2.46. The van der Waals surface area contributed by atoms with E-state index in [2.05, 4.69) is 57.9 Å². The molecular formula is C30H37N5O2. The number of anilines is 1. The highest BCUT2D eigenvalue weighted by molar-refractivity contribution is 5.93. The molecule has 0 bridgehead atoms. The number of aromatic amines is 1. The molecule has 6 rings (SSSR count). The van der Waals surface area contributed by atoms with E-state index in [0.717, 1.165) is 61.7 Å². The van der Waals surface area contributed by atoms with Crippen LogP contribution in [0.15, 0.2) is 54.7 Å². The van der Waals surface area contributed by atoms with Gasteiger partial charge in [0.25, 0.3) is 0 Å². The third kappa shape index (κ3) is 4.19. The summed E-state index contributed by atoms with van der Waals surface area (Å²) < 4.78 is 0. The van der Waals surface area contributed by atoms with Crippen LogP contribution in [0.1, 0.15) is 43.7 Å². The van der Waals surface area contributed by atoms with Crippen molar-refractivity contribution in [2.45, 2.75) is 62.6 Å². The number of H-pyrrole nitrogens is 1. The van der Waals surface area contributed by atoms with E-state index >= 15 is 0 Å². The molecule has 2 unspecified atom stereocenters. The lowest BCUT2D eigenvalue weighted by molar-refractivity contribution is -0.139. The van der Waals surface area contributed by atoms with E-state index in [1.165, 1.54) is 11.3 Å². The molecule has 2 saturated heterocycles. The van der Waals surface area contributed by atoms with Crippen LogP contribution in [-0.4, -0.2) is 65.5 Å². The average Bonchev–Trinajstić information content (AvgIpc) is 3.61. The second kappa shape index (κ2) is 9.21. The fraction of sp³-hybridized carbons (Fsp3) is 0.467. The normalized spacial score (nSPS) is 26.0. The van der Waals surface area contributed by atoms with Crippen LogP contribution < -0.4 is 15.5 Å². The largest absolute Gasteiger partial charge is 0.367 e. The number of hydrogen-bond donors (Lipinski definition) is 3. The maximum absolute atomic E-state index is 14.2. The molecule has 3 aromatic rings. The van der Waals surface area contributed by atoms with Crippen LogP contribution in [-0.2, 0) is 22.4 Å². The Morgan fingerprint density at radius 2 is 1.89 bits per heavy atom. The Labute approximate surface area is 218 Å². The van der Waals surface area contributed by atoms with Crippen LogP contribution in [0, 0.1) is 0 Å². The fourth-order valence-corrected chi connectivity index (χ4v) is 6.78. The summed E-state index contributed by atoms with van der Waals surface area (Å²) in [6, 6.07) is 16.1.